The first kappa shape index (κ1) is 10.8. The lowest BCUT2D eigenvalue weighted by Gasteiger charge is -2.61. The Hall–Kier alpha value is -0.0400. The van der Waals surface area contributed by atoms with Crippen molar-refractivity contribution in [3.05, 3.63) is 0 Å². The smallest absolute Gasteiger partial charge is 0.0292 e. The molecule has 96 valence electrons. The first-order valence-electron chi connectivity index (χ1n) is 7.69. The van der Waals surface area contributed by atoms with Gasteiger partial charge >= 0.3 is 0 Å². The molecule has 1 nitrogen and oxygen atoms in total. The third-order valence-electron chi connectivity index (χ3n) is 7.11. The molecule has 1 N–H and O–H groups in total. The largest absolute Gasteiger partial charge is 0.313 e. The summed E-state index contributed by atoms with van der Waals surface area (Å²) in [5.74, 6) is 3.26. The fourth-order valence-electron chi connectivity index (χ4n) is 6.85. The lowest BCUT2D eigenvalue weighted by atomic mass is 9.46. The molecule has 0 aliphatic heterocycles. The van der Waals surface area contributed by atoms with Gasteiger partial charge in [0, 0.05) is 5.54 Å². The van der Waals surface area contributed by atoms with Crippen LogP contribution >= 0.6 is 0 Å². The summed E-state index contributed by atoms with van der Waals surface area (Å²) in [5, 5.41) is 3.80. The van der Waals surface area contributed by atoms with Gasteiger partial charge in [0.25, 0.3) is 0 Å². The standard InChI is InChI=1S/C16H27N/c1-14(2)10-16(14,17-3)15-7-11-4-12(8-15)6-13(5-11)9-15/h11-13,17H,4-10H2,1-3H3. The molecule has 0 heterocycles. The highest BCUT2D eigenvalue weighted by Gasteiger charge is 2.73. The van der Waals surface area contributed by atoms with Crippen LogP contribution in [0.1, 0.15) is 58.8 Å². The lowest BCUT2D eigenvalue weighted by molar-refractivity contribution is -0.0874. The molecule has 1 atom stereocenters. The molecule has 0 saturated heterocycles. The number of hydrogen-bond donors (Lipinski definition) is 1. The summed E-state index contributed by atoms with van der Waals surface area (Å²) in [4.78, 5) is 0. The van der Waals surface area contributed by atoms with Crippen LogP contribution < -0.4 is 5.32 Å². The minimum absolute atomic E-state index is 0.496. The molecule has 0 spiro atoms. The predicted molar refractivity (Wildman–Crippen MR) is 70.8 cm³/mol. The van der Waals surface area contributed by atoms with Gasteiger partial charge < -0.3 is 5.32 Å². The van der Waals surface area contributed by atoms with Crippen LogP contribution in [0.4, 0.5) is 0 Å². The van der Waals surface area contributed by atoms with E-state index >= 15 is 0 Å². The minimum atomic E-state index is 0.496. The maximum atomic E-state index is 3.80. The van der Waals surface area contributed by atoms with Crippen molar-refractivity contribution in [1.82, 2.24) is 5.32 Å². The number of nitrogens with one attached hydrogen (secondary N) is 1. The average molecular weight is 233 g/mol. The van der Waals surface area contributed by atoms with Gasteiger partial charge in [-0.25, -0.2) is 0 Å². The first-order valence-corrected chi connectivity index (χ1v) is 7.69. The van der Waals surface area contributed by atoms with Crippen LogP contribution in [0.15, 0.2) is 0 Å². The molecule has 0 amide bonds. The summed E-state index contributed by atoms with van der Waals surface area (Å²) >= 11 is 0. The van der Waals surface area contributed by atoms with Gasteiger partial charge in [0.2, 0.25) is 0 Å². The highest BCUT2D eigenvalue weighted by Crippen LogP contribution is 2.74. The fourth-order valence-corrected chi connectivity index (χ4v) is 6.85. The van der Waals surface area contributed by atoms with Crippen molar-refractivity contribution in [3.8, 4) is 0 Å². The topological polar surface area (TPSA) is 12.0 Å². The van der Waals surface area contributed by atoms with Gasteiger partial charge in [-0.2, -0.15) is 0 Å². The molecule has 5 aliphatic carbocycles. The van der Waals surface area contributed by atoms with Gasteiger partial charge in [-0.15, -0.1) is 0 Å². The molecule has 5 fully saturated rings. The molecular formula is C16H27N. The van der Waals surface area contributed by atoms with Gasteiger partial charge in [0.05, 0.1) is 0 Å². The lowest BCUT2D eigenvalue weighted by Crippen LogP contribution is -2.58. The van der Waals surface area contributed by atoms with Crippen molar-refractivity contribution in [3.63, 3.8) is 0 Å². The molecule has 0 aromatic heterocycles. The molecule has 5 saturated carbocycles. The monoisotopic (exact) mass is 233 g/mol. The van der Waals surface area contributed by atoms with Crippen LogP contribution in [0.25, 0.3) is 0 Å². The van der Waals surface area contributed by atoms with Crippen molar-refractivity contribution in [2.45, 2.75) is 64.3 Å². The van der Waals surface area contributed by atoms with Gasteiger partial charge in [0.1, 0.15) is 0 Å². The van der Waals surface area contributed by atoms with E-state index in [1.807, 2.05) is 0 Å². The van der Waals surface area contributed by atoms with E-state index in [2.05, 4.69) is 26.2 Å². The zero-order valence-corrected chi connectivity index (χ0v) is 11.7. The van der Waals surface area contributed by atoms with E-state index in [1.165, 1.54) is 6.42 Å². The van der Waals surface area contributed by atoms with Gasteiger partial charge in [0.15, 0.2) is 0 Å². The van der Waals surface area contributed by atoms with Crippen molar-refractivity contribution in [2.24, 2.45) is 28.6 Å². The summed E-state index contributed by atoms with van der Waals surface area (Å²) in [6, 6.07) is 0. The van der Waals surface area contributed by atoms with Crippen molar-refractivity contribution >= 4 is 0 Å². The molecule has 0 radical (unpaired) electrons. The Balaban J connectivity index is 1.73. The Morgan fingerprint density at radius 1 is 0.882 bits per heavy atom. The van der Waals surface area contributed by atoms with Crippen molar-refractivity contribution in [1.29, 1.82) is 0 Å². The highest BCUT2D eigenvalue weighted by molar-refractivity contribution is 5.27. The van der Waals surface area contributed by atoms with Crippen LogP contribution in [0.2, 0.25) is 0 Å². The van der Waals surface area contributed by atoms with Crippen LogP contribution in [0.5, 0.6) is 0 Å². The second kappa shape index (κ2) is 2.92. The van der Waals surface area contributed by atoms with E-state index in [1.54, 1.807) is 38.5 Å². The predicted octanol–water partition coefficient (Wildman–Crippen LogP) is 3.59. The van der Waals surface area contributed by atoms with Crippen LogP contribution in [0, 0.1) is 28.6 Å². The molecule has 0 aromatic rings. The third-order valence-corrected chi connectivity index (χ3v) is 7.11. The summed E-state index contributed by atoms with van der Waals surface area (Å²) in [7, 11) is 2.23. The summed E-state index contributed by atoms with van der Waals surface area (Å²) in [6.45, 7) is 4.98. The maximum absolute atomic E-state index is 3.80. The molecule has 1 heteroatoms. The average Bonchev–Trinajstić information content (AvgIpc) is 2.81. The van der Waals surface area contributed by atoms with E-state index < -0.39 is 0 Å². The number of hydrogen-bond acceptors (Lipinski definition) is 1. The normalized spacial score (nSPS) is 58.4. The zero-order chi connectivity index (χ0) is 11.9. The van der Waals surface area contributed by atoms with E-state index in [-0.39, 0.29) is 0 Å². The first-order chi connectivity index (χ1) is 8.00. The minimum Gasteiger partial charge on any atom is -0.313 e. The fraction of sp³-hybridized carbons (Fsp3) is 1.00. The van der Waals surface area contributed by atoms with E-state index in [4.69, 9.17) is 0 Å². The van der Waals surface area contributed by atoms with E-state index in [9.17, 15) is 0 Å². The maximum Gasteiger partial charge on any atom is 0.0292 e. The van der Waals surface area contributed by atoms with Crippen molar-refractivity contribution in [2.75, 3.05) is 7.05 Å². The zero-order valence-electron chi connectivity index (χ0n) is 11.7. The molecule has 5 aliphatic rings. The summed E-state index contributed by atoms with van der Waals surface area (Å²) in [5.41, 5.74) is 1.73. The quantitative estimate of drug-likeness (QED) is 0.768. The van der Waals surface area contributed by atoms with Crippen molar-refractivity contribution < 1.29 is 0 Å². The third kappa shape index (κ3) is 1.15. The molecular weight excluding hydrogens is 206 g/mol. The Bertz CT molecular complexity index is 321. The van der Waals surface area contributed by atoms with Gasteiger partial charge in [-0.1, -0.05) is 13.8 Å². The molecule has 0 aromatic carbocycles. The van der Waals surface area contributed by atoms with Crippen LogP contribution in [-0.2, 0) is 0 Å². The van der Waals surface area contributed by atoms with Crippen LogP contribution in [0.3, 0.4) is 0 Å². The Morgan fingerprint density at radius 3 is 1.59 bits per heavy atom. The Kier molecular flexibility index (Phi) is 1.86. The van der Waals surface area contributed by atoms with E-state index in [0.717, 1.165) is 17.8 Å². The molecule has 5 rings (SSSR count). The van der Waals surface area contributed by atoms with Gasteiger partial charge in [-0.3, -0.25) is 0 Å². The second-order valence-electron chi connectivity index (χ2n) is 8.41. The Morgan fingerprint density at radius 2 is 1.29 bits per heavy atom. The van der Waals surface area contributed by atoms with E-state index in [0.29, 0.717) is 16.4 Å². The molecule has 4 bridgehead atoms. The molecule has 17 heavy (non-hydrogen) atoms. The summed E-state index contributed by atoms with van der Waals surface area (Å²) in [6.07, 6.45) is 10.8. The van der Waals surface area contributed by atoms with Crippen LogP contribution in [-0.4, -0.2) is 12.6 Å². The second-order valence-corrected chi connectivity index (χ2v) is 8.41. The molecule has 1 unspecified atom stereocenters. The SMILES string of the molecule is CNC1(C23CC4CC(CC(C4)C2)C3)CC1(C)C. The summed E-state index contributed by atoms with van der Waals surface area (Å²) < 4.78 is 0. The number of rotatable bonds is 2. The highest BCUT2D eigenvalue weighted by atomic mass is 15.1. The van der Waals surface area contributed by atoms with Gasteiger partial charge in [-0.05, 0) is 80.6 Å². The Labute approximate surface area is 106 Å².